The van der Waals surface area contributed by atoms with Crippen molar-refractivity contribution < 1.29 is 13.2 Å². The molecule has 18 heavy (non-hydrogen) atoms. The van der Waals surface area contributed by atoms with Gasteiger partial charge in [-0.1, -0.05) is 0 Å². The summed E-state index contributed by atoms with van der Waals surface area (Å²) in [5, 5.41) is 11.9. The van der Waals surface area contributed by atoms with Crippen LogP contribution in [0.3, 0.4) is 0 Å². The van der Waals surface area contributed by atoms with Crippen molar-refractivity contribution >= 4 is 0 Å². The number of hydrogen-bond acceptors (Lipinski definition) is 3. The summed E-state index contributed by atoms with van der Waals surface area (Å²) in [7, 11) is 1.72. The van der Waals surface area contributed by atoms with Gasteiger partial charge in [0.05, 0.1) is 12.0 Å². The normalized spacial score (nSPS) is 22.4. The van der Waals surface area contributed by atoms with Crippen LogP contribution in [0, 0.1) is 17.2 Å². The summed E-state index contributed by atoms with van der Waals surface area (Å²) in [6, 6.07) is 2.18. The molecule has 0 aromatic carbocycles. The number of alkyl halides is 3. The molecule has 1 aliphatic heterocycles. The van der Waals surface area contributed by atoms with Gasteiger partial charge in [0, 0.05) is 6.54 Å². The second kappa shape index (κ2) is 5.89. The average Bonchev–Trinajstić information content (AvgIpc) is 2.35. The van der Waals surface area contributed by atoms with Crippen LogP contribution < -0.4 is 5.32 Å². The molecule has 0 aromatic rings. The van der Waals surface area contributed by atoms with Gasteiger partial charge < -0.3 is 10.2 Å². The molecular formula is C12H20F3N3. The van der Waals surface area contributed by atoms with Gasteiger partial charge in [-0.15, -0.1) is 0 Å². The molecule has 1 fully saturated rings. The first-order valence-electron chi connectivity index (χ1n) is 6.20. The predicted molar refractivity (Wildman–Crippen MR) is 62.9 cm³/mol. The lowest BCUT2D eigenvalue weighted by atomic mass is 9.94. The Morgan fingerprint density at radius 3 is 2.28 bits per heavy atom. The van der Waals surface area contributed by atoms with Crippen molar-refractivity contribution in [2.45, 2.75) is 37.9 Å². The number of likely N-dealkylation sites (tertiary alicyclic amines) is 1. The highest BCUT2D eigenvalue weighted by molar-refractivity contribution is 5.03. The number of rotatable bonds is 4. The molecule has 1 N–H and O–H groups in total. The number of nitriles is 1. The minimum Gasteiger partial charge on any atom is -0.303 e. The Labute approximate surface area is 106 Å². The fourth-order valence-corrected chi connectivity index (χ4v) is 2.10. The number of piperidine rings is 1. The van der Waals surface area contributed by atoms with E-state index >= 15 is 0 Å². The number of nitrogens with zero attached hydrogens (tertiary/aromatic N) is 2. The smallest absolute Gasteiger partial charge is 0.303 e. The van der Waals surface area contributed by atoms with E-state index in [-0.39, 0.29) is 12.8 Å². The summed E-state index contributed by atoms with van der Waals surface area (Å²) >= 11 is 0. The molecule has 1 saturated heterocycles. The van der Waals surface area contributed by atoms with Gasteiger partial charge in [-0.3, -0.25) is 0 Å². The third kappa shape index (κ3) is 4.14. The standard InChI is InChI=1S/C12H20F3N3/c1-11(9-16,17-2)5-8-18-6-3-10(4-7-18)12(13,14)15/h10,17H,3-8H2,1-2H3. The first-order valence-corrected chi connectivity index (χ1v) is 6.20. The van der Waals surface area contributed by atoms with Gasteiger partial charge in [0.1, 0.15) is 5.54 Å². The molecule has 1 heterocycles. The fraction of sp³-hybridized carbons (Fsp3) is 0.917. The summed E-state index contributed by atoms with van der Waals surface area (Å²) in [5.74, 6) is -1.15. The molecule has 3 nitrogen and oxygen atoms in total. The van der Waals surface area contributed by atoms with Crippen LogP contribution in [0.2, 0.25) is 0 Å². The van der Waals surface area contributed by atoms with Crippen LogP contribution in [0.4, 0.5) is 13.2 Å². The molecule has 0 aliphatic carbocycles. The first-order chi connectivity index (χ1) is 8.30. The lowest BCUT2D eigenvalue weighted by Crippen LogP contribution is -2.44. The molecular weight excluding hydrogens is 243 g/mol. The second-order valence-corrected chi connectivity index (χ2v) is 5.10. The van der Waals surface area contributed by atoms with Crippen LogP contribution in [0.15, 0.2) is 0 Å². The Morgan fingerprint density at radius 2 is 1.89 bits per heavy atom. The maximum absolute atomic E-state index is 12.5. The molecule has 6 heteroatoms. The molecule has 0 saturated carbocycles. The highest BCUT2D eigenvalue weighted by Gasteiger charge is 2.41. The minimum atomic E-state index is -4.06. The molecule has 1 atom stereocenters. The summed E-state index contributed by atoms with van der Waals surface area (Å²) in [6.45, 7) is 3.40. The lowest BCUT2D eigenvalue weighted by molar-refractivity contribution is -0.185. The topological polar surface area (TPSA) is 39.1 Å². The van der Waals surface area contributed by atoms with Crippen LogP contribution in [0.1, 0.15) is 26.2 Å². The maximum Gasteiger partial charge on any atom is 0.391 e. The van der Waals surface area contributed by atoms with Crippen molar-refractivity contribution in [2.24, 2.45) is 5.92 Å². The summed E-state index contributed by atoms with van der Waals surface area (Å²) in [5.41, 5.74) is -0.596. The fourth-order valence-electron chi connectivity index (χ4n) is 2.10. The Morgan fingerprint density at radius 1 is 1.33 bits per heavy atom. The highest BCUT2D eigenvalue weighted by atomic mass is 19.4. The zero-order valence-corrected chi connectivity index (χ0v) is 10.8. The van der Waals surface area contributed by atoms with E-state index in [0.29, 0.717) is 26.1 Å². The SMILES string of the molecule is CNC(C)(C#N)CCN1CCC(C(F)(F)F)CC1. The van der Waals surface area contributed by atoms with Crippen LogP contribution in [0.25, 0.3) is 0 Å². The van der Waals surface area contributed by atoms with Crippen molar-refractivity contribution in [2.75, 3.05) is 26.7 Å². The van der Waals surface area contributed by atoms with Gasteiger partial charge in [0.2, 0.25) is 0 Å². The minimum absolute atomic E-state index is 0.173. The Bertz CT molecular complexity index is 303. The van der Waals surface area contributed by atoms with E-state index in [1.54, 1.807) is 14.0 Å². The van der Waals surface area contributed by atoms with E-state index in [1.165, 1.54) is 0 Å². The second-order valence-electron chi connectivity index (χ2n) is 5.10. The number of hydrogen-bond donors (Lipinski definition) is 1. The van der Waals surface area contributed by atoms with E-state index in [9.17, 15) is 13.2 Å². The molecule has 1 rings (SSSR count). The predicted octanol–water partition coefficient (Wildman–Crippen LogP) is 2.15. The van der Waals surface area contributed by atoms with Gasteiger partial charge in [-0.25, -0.2) is 0 Å². The largest absolute Gasteiger partial charge is 0.391 e. The van der Waals surface area contributed by atoms with Gasteiger partial charge in [0.15, 0.2) is 0 Å². The molecule has 104 valence electrons. The van der Waals surface area contributed by atoms with Gasteiger partial charge >= 0.3 is 6.18 Å². The zero-order chi connectivity index (χ0) is 13.8. The average molecular weight is 263 g/mol. The third-order valence-corrected chi connectivity index (χ3v) is 3.78. The van der Waals surface area contributed by atoms with E-state index in [4.69, 9.17) is 5.26 Å². The van der Waals surface area contributed by atoms with Crippen molar-refractivity contribution in [1.82, 2.24) is 10.2 Å². The summed E-state index contributed by atoms with van der Waals surface area (Å²) in [6.07, 6.45) is -3.09. The molecule has 0 spiro atoms. The monoisotopic (exact) mass is 263 g/mol. The van der Waals surface area contributed by atoms with Crippen LogP contribution >= 0.6 is 0 Å². The first kappa shape index (κ1) is 15.3. The Hall–Kier alpha value is -0.800. The quantitative estimate of drug-likeness (QED) is 0.844. The van der Waals surface area contributed by atoms with E-state index in [0.717, 1.165) is 0 Å². The molecule has 1 unspecified atom stereocenters. The lowest BCUT2D eigenvalue weighted by Gasteiger charge is -2.34. The third-order valence-electron chi connectivity index (χ3n) is 3.78. The zero-order valence-electron chi connectivity index (χ0n) is 10.8. The van der Waals surface area contributed by atoms with Gasteiger partial charge in [-0.05, 0) is 46.3 Å². The van der Waals surface area contributed by atoms with Crippen molar-refractivity contribution in [1.29, 1.82) is 5.26 Å². The molecule has 0 bridgehead atoms. The van der Waals surface area contributed by atoms with E-state index < -0.39 is 17.6 Å². The highest BCUT2D eigenvalue weighted by Crippen LogP contribution is 2.34. The molecule has 0 aromatic heterocycles. The van der Waals surface area contributed by atoms with Crippen molar-refractivity contribution in [3.63, 3.8) is 0 Å². The maximum atomic E-state index is 12.5. The number of halogens is 3. The molecule has 0 amide bonds. The van der Waals surface area contributed by atoms with Gasteiger partial charge in [-0.2, -0.15) is 18.4 Å². The summed E-state index contributed by atoms with van der Waals surface area (Å²) < 4.78 is 37.4. The Balaban J connectivity index is 2.35. The van der Waals surface area contributed by atoms with Crippen LogP contribution in [-0.4, -0.2) is 43.3 Å². The van der Waals surface area contributed by atoms with E-state index in [2.05, 4.69) is 11.4 Å². The molecule has 1 aliphatic rings. The van der Waals surface area contributed by atoms with Crippen molar-refractivity contribution in [3.8, 4) is 6.07 Å². The Kier molecular flexibility index (Phi) is 5.00. The van der Waals surface area contributed by atoms with Crippen LogP contribution in [-0.2, 0) is 0 Å². The number of nitrogens with one attached hydrogen (secondary N) is 1. The van der Waals surface area contributed by atoms with E-state index in [1.807, 2.05) is 4.90 Å². The summed E-state index contributed by atoms with van der Waals surface area (Å²) in [4.78, 5) is 2.01. The van der Waals surface area contributed by atoms with Crippen LogP contribution in [0.5, 0.6) is 0 Å². The van der Waals surface area contributed by atoms with Crippen molar-refractivity contribution in [3.05, 3.63) is 0 Å². The van der Waals surface area contributed by atoms with Gasteiger partial charge in [0.25, 0.3) is 0 Å². The molecule has 0 radical (unpaired) electrons.